The summed E-state index contributed by atoms with van der Waals surface area (Å²) in [5.41, 5.74) is 5.79. The summed E-state index contributed by atoms with van der Waals surface area (Å²) < 4.78 is 14.6. The van der Waals surface area contributed by atoms with Crippen LogP contribution in [0.25, 0.3) is 21.6 Å². The zero-order chi connectivity index (χ0) is 31.3. The van der Waals surface area contributed by atoms with Gasteiger partial charge in [0.2, 0.25) is 0 Å². The van der Waals surface area contributed by atoms with Crippen molar-refractivity contribution in [2.45, 2.75) is 54.0 Å². The maximum absolute atomic E-state index is 13.9. The number of imidazole rings is 1. The molecule has 1 fully saturated rings. The van der Waals surface area contributed by atoms with Crippen molar-refractivity contribution in [1.29, 1.82) is 0 Å². The number of hydrogen-bond acceptors (Lipinski definition) is 8. The van der Waals surface area contributed by atoms with E-state index in [1.165, 1.54) is 16.2 Å². The number of amides is 1. The van der Waals surface area contributed by atoms with Crippen molar-refractivity contribution >= 4 is 49.8 Å². The Hall–Kier alpha value is -4.70. The molecular weight excluding hydrogens is 576 g/mol. The van der Waals surface area contributed by atoms with Gasteiger partial charge in [-0.2, -0.15) is 0 Å². The molecule has 1 N–H and O–H groups in total. The normalized spacial score (nSPS) is 16.4. The van der Waals surface area contributed by atoms with Gasteiger partial charge in [-0.25, -0.2) is 9.97 Å². The summed E-state index contributed by atoms with van der Waals surface area (Å²) in [6.07, 6.45) is 2.67. The molecule has 10 heteroatoms. The number of Topliss-reactive ketones (excluding diaryl/α,β-unsaturated/α-hetero) is 1. The number of ketones is 1. The summed E-state index contributed by atoms with van der Waals surface area (Å²) in [7, 11) is 0. The average Bonchev–Trinajstić information content (AvgIpc) is 3.65. The first kappa shape index (κ1) is 29.4. The fraction of sp³-hybridized carbons (Fsp3) is 0.294. The Kier molecular flexibility index (Phi) is 7.63. The van der Waals surface area contributed by atoms with E-state index in [2.05, 4.69) is 0 Å². The van der Waals surface area contributed by atoms with Gasteiger partial charge >= 0.3 is 5.91 Å². The summed E-state index contributed by atoms with van der Waals surface area (Å²) in [6, 6.07) is 12.2. The summed E-state index contributed by atoms with van der Waals surface area (Å²) >= 11 is 1.34. The molecule has 3 aromatic heterocycles. The van der Waals surface area contributed by atoms with Crippen LogP contribution in [0.4, 0.5) is 5.13 Å². The fourth-order valence-electron chi connectivity index (χ4n) is 5.78. The molecule has 1 aliphatic rings. The lowest BCUT2D eigenvalue weighted by molar-refractivity contribution is -0.132. The first-order valence-electron chi connectivity index (χ1n) is 14.7. The summed E-state index contributed by atoms with van der Waals surface area (Å²) in [5.74, 6) is -0.871. The molecule has 226 valence electrons. The van der Waals surface area contributed by atoms with E-state index in [1.54, 1.807) is 18.2 Å². The lowest BCUT2D eigenvalue weighted by Crippen LogP contribution is -2.29. The van der Waals surface area contributed by atoms with E-state index < -0.39 is 17.7 Å². The van der Waals surface area contributed by atoms with E-state index in [-0.39, 0.29) is 17.0 Å². The Bertz CT molecular complexity index is 1990. The Morgan fingerprint density at radius 1 is 0.977 bits per heavy atom. The Balaban J connectivity index is 1.60. The number of aliphatic hydroxyl groups is 1. The number of carbonyl (C=O) groups is 2. The summed E-state index contributed by atoms with van der Waals surface area (Å²) in [4.78, 5) is 38.8. The van der Waals surface area contributed by atoms with Gasteiger partial charge < -0.3 is 19.0 Å². The molecule has 0 bridgehead atoms. The zero-order valence-electron chi connectivity index (χ0n) is 25.6. The number of hydrogen-bond donors (Lipinski definition) is 1. The SMILES string of the molecule is CCCOc1ccc(C2C(=C(O)c3nc4c(C)cccn4c3C)C(=O)C(=O)N2c2nc3c(C)cc(C)cc3s2)cc1OCC. The van der Waals surface area contributed by atoms with E-state index >= 15 is 0 Å². The van der Waals surface area contributed by atoms with Crippen molar-refractivity contribution < 1.29 is 24.2 Å². The number of rotatable bonds is 8. The lowest BCUT2D eigenvalue weighted by Gasteiger charge is -2.24. The first-order valence-corrected chi connectivity index (χ1v) is 15.5. The number of aromatic nitrogens is 3. The van der Waals surface area contributed by atoms with Crippen LogP contribution in [0.15, 0.2) is 54.2 Å². The molecule has 1 aliphatic heterocycles. The molecule has 0 saturated carbocycles. The minimum Gasteiger partial charge on any atom is -0.505 e. The van der Waals surface area contributed by atoms with E-state index in [1.807, 2.05) is 76.4 Å². The molecule has 44 heavy (non-hydrogen) atoms. The number of aryl methyl sites for hydroxylation is 4. The number of aliphatic hydroxyl groups excluding tert-OH is 1. The number of nitrogens with zero attached hydrogens (tertiary/aromatic N) is 4. The van der Waals surface area contributed by atoms with Gasteiger partial charge in [-0.15, -0.1) is 0 Å². The molecule has 1 amide bonds. The van der Waals surface area contributed by atoms with Gasteiger partial charge in [-0.1, -0.05) is 36.5 Å². The van der Waals surface area contributed by atoms with Crippen LogP contribution in [0.5, 0.6) is 11.5 Å². The number of thiazole rings is 1. The van der Waals surface area contributed by atoms with Crippen LogP contribution in [0.3, 0.4) is 0 Å². The van der Waals surface area contributed by atoms with E-state index in [4.69, 9.17) is 19.4 Å². The molecule has 5 aromatic rings. The highest BCUT2D eigenvalue weighted by Gasteiger charge is 2.49. The minimum absolute atomic E-state index is 0.0593. The van der Waals surface area contributed by atoms with Crippen molar-refractivity contribution in [1.82, 2.24) is 14.4 Å². The van der Waals surface area contributed by atoms with Gasteiger partial charge in [0.15, 0.2) is 22.4 Å². The van der Waals surface area contributed by atoms with Gasteiger partial charge in [0.25, 0.3) is 5.78 Å². The summed E-state index contributed by atoms with van der Waals surface area (Å²) in [5, 5.41) is 12.2. The van der Waals surface area contributed by atoms with Crippen LogP contribution in [0.2, 0.25) is 0 Å². The van der Waals surface area contributed by atoms with Crippen LogP contribution >= 0.6 is 11.3 Å². The van der Waals surface area contributed by atoms with Crippen molar-refractivity contribution in [3.05, 3.63) is 87.9 Å². The van der Waals surface area contributed by atoms with Gasteiger partial charge in [0.05, 0.1) is 40.7 Å². The molecule has 0 aliphatic carbocycles. The van der Waals surface area contributed by atoms with E-state index in [0.717, 1.165) is 33.3 Å². The number of pyridine rings is 1. The van der Waals surface area contributed by atoms with Crippen molar-refractivity contribution in [2.24, 2.45) is 0 Å². The number of carbonyl (C=O) groups excluding carboxylic acids is 2. The van der Waals surface area contributed by atoms with Gasteiger partial charge in [-0.3, -0.25) is 14.5 Å². The largest absolute Gasteiger partial charge is 0.505 e. The Labute approximate surface area is 259 Å². The number of anilines is 1. The van der Waals surface area contributed by atoms with E-state index in [9.17, 15) is 14.7 Å². The number of ether oxygens (including phenoxy) is 2. The van der Waals surface area contributed by atoms with E-state index in [0.29, 0.717) is 46.7 Å². The van der Waals surface area contributed by atoms with Crippen LogP contribution in [-0.2, 0) is 9.59 Å². The minimum atomic E-state index is -0.985. The molecule has 1 unspecified atom stereocenters. The maximum Gasteiger partial charge on any atom is 0.301 e. The maximum atomic E-state index is 13.9. The number of benzene rings is 2. The predicted molar refractivity (Wildman–Crippen MR) is 172 cm³/mol. The van der Waals surface area contributed by atoms with Crippen LogP contribution < -0.4 is 14.4 Å². The second-order valence-corrected chi connectivity index (χ2v) is 12.0. The fourth-order valence-corrected chi connectivity index (χ4v) is 6.94. The molecule has 1 saturated heterocycles. The monoisotopic (exact) mass is 610 g/mol. The third kappa shape index (κ3) is 4.79. The molecule has 0 radical (unpaired) electrons. The first-order chi connectivity index (χ1) is 21.1. The molecule has 0 spiro atoms. The number of fused-ring (bicyclic) bond motifs is 2. The second-order valence-electron chi connectivity index (χ2n) is 11.0. The average molecular weight is 611 g/mol. The predicted octanol–water partition coefficient (Wildman–Crippen LogP) is 6.99. The van der Waals surface area contributed by atoms with Crippen LogP contribution in [-0.4, -0.2) is 44.4 Å². The quantitative estimate of drug-likeness (QED) is 0.115. The Morgan fingerprint density at radius 3 is 2.50 bits per heavy atom. The third-order valence-corrected chi connectivity index (χ3v) is 8.82. The van der Waals surface area contributed by atoms with Gasteiger partial charge in [0.1, 0.15) is 11.3 Å². The van der Waals surface area contributed by atoms with Gasteiger partial charge in [-0.05, 0) is 87.6 Å². The summed E-state index contributed by atoms with van der Waals surface area (Å²) in [6.45, 7) is 12.5. The highest BCUT2D eigenvalue weighted by atomic mass is 32.1. The highest BCUT2D eigenvalue weighted by molar-refractivity contribution is 7.22. The smallest absolute Gasteiger partial charge is 0.301 e. The molecular formula is C34H34N4O5S. The zero-order valence-corrected chi connectivity index (χ0v) is 26.4. The van der Waals surface area contributed by atoms with Crippen molar-refractivity contribution in [3.8, 4) is 11.5 Å². The standard InChI is InChI=1S/C34H34N4O5S/c1-7-14-43-23-12-11-22(17-24(23)42-8-2)29-26(30(39)28-21(6)37-13-9-10-19(4)32(37)35-28)31(40)33(41)38(29)34-36-27-20(5)15-18(3)16-25(27)44-34/h9-13,15-17,29,39H,7-8,14H2,1-6H3. The molecule has 4 heterocycles. The molecule has 9 nitrogen and oxygen atoms in total. The lowest BCUT2D eigenvalue weighted by atomic mass is 9.96. The molecule has 2 aromatic carbocycles. The van der Waals surface area contributed by atoms with Crippen LogP contribution in [0, 0.1) is 27.7 Å². The van der Waals surface area contributed by atoms with Gasteiger partial charge in [0, 0.05) is 6.20 Å². The third-order valence-electron chi connectivity index (χ3n) is 7.82. The molecule has 6 rings (SSSR count). The highest BCUT2D eigenvalue weighted by Crippen LogP contribution is 2.46. The Morgan fingerprint density at radius 2 is 1.77 bits per heavy atom. The second kappa shape index (κ2) is 11.4. The van der Waals surface area contributed by atoms with Crippen molar-refractivity contribution in [2.75, 3.05) is 18.1 Å². The van der Waals surface area contributed by atoms with Crippen LogP contribution in [0.1, 0.15) is 60.0 Å². The molecule has 1 atom stereocenters. The van der Waals surface area contributed by atoms with Crippen molar-refractivity contribution in [3.63, 3.8) is 0 Å². The topological polar surface area (TPSA) is 106 Å².